The highest BCUT2D eigenvalue weighted by Crippen LogP contribution is 2.20. The fourth-order valence-electron chi connectivity index (χ4n) is 1.40. The fourth-order valence-corrected chi connectivity index (χ4v) is 3.54. The van der Waals surface area contributed by atoms with Crippen LogP contribution >= 0.6 is 0 Å². The monoisotopic (exact) mass is 222 g/mol. The maximum Gasteiger partial charge on any atom is 0.324 e. The van der Waals surface area contributed by atoms with Crippen LogP contribution in [0.3, 0.4) is 0 Å². The Kier molecular flexibility index (Phi) is 13.1. The van der Waals surface area contributed by atoms with Gasteiger partial charge in [0.05, 0.1) is 0 Å². The maximum absolute atomic E-state index is 5.65. The number of hydrogen-bond donors (Lipinski definition) is 2. The molecule has 88 valence electrons. The molecule has 4 nitrogen and oxygen atoms in total. The highest BCUT2D eigenvalue weighted by Gasteiger charge is 2.23. The molecule has 5 heteroatoms. The van der Waals surface area contributed by atoms with E-state index in [9.17, 15) is 0 Å². The molecule has 1 atom stereocenters. The summed E-state index contributed by atoms with van der Waals surface area (Å²) in [5.74, 6) is 0. The van der Waals surface area contributed by atoms with Crippen molar-refractivity contribution in [3.05, 3.63) is 0 Å². The fraction of sp³-hybridized carbons (Fsp3) is 1.00. The normalized spacial score (nSPS) is 12.6. The molecular weight excluding hydrogens is 196 g/mol. The number of hydrogen-bond acceptors (Lipinski definition) is 4. The van der Waals surface area contributed by atoms with Crippen LogP contribution in [0.2, 0.25) is 5.54 Å². The van der Waals surface area contributed by atoms with Gasteiger partial charge in [-0.15, -0.1) is 0 Å². The minimum absolute atomic E-state index is 0. The van der Waals surface area contributed by atoms with E-state index in [2.05, 4.69) is 6.92 Å². The molecule has 5 N–H and O–H groups in total. The first-order chi connectivity index (χ1) is 6.29. The molecule has 0 aliphatic heterocycles. The zero-order valence-corrected chi connectivity index (χ0v) is 10.9. The molecule has 0 heterocycles. The quantitative estimate of drug-likeness (QED) is 0.611. The Morgan fingerprint density at radius 2 is 1.64 bits per heavy atom. The SMILES string of the molecule is CCO[SiH](OCC)C(CC)CCN.N. The zero-order valence-electron chi connectivity index (χ0n) is 9.79. The summed E-state index contributed by atoms with van der Waals surface area (Å²) in [5.41, 5.74) is 6.12. The second-order valence-electron chi connectivity index (χ2n) is 3.02. The summed E-state index contributed by atoms with van der Waals surface area (Å²) in [7, 11) is -1.45. The summed E-state index contributed by atoms with van der Waals surface area (Å²) in [4.78, 5) is 0. The van der Waals surface area contributed by atoms with Crippen molar-refractivity contribution in [1.29, 1.82) is 0 Å². The van der Waals surface area contributed by atoms with E-state index >= 15 is 0 Å². The highest BCUT2D eigenvalue weighted by molar-refractivity contribution is 6.46. The molecule has 0 aromatic carbocycles. The Balaban J connectivity index is 0. The van der Waals surface area contributed by atoms with E-state index in [4.69, 9.17) is 14.6 Å². The minimum atomic E-state index is -1.45. The first-order valence-corrected chi connectivity index (χ1v) is 6.84. The predicted molar refractivity (Wildman–Crippen MR) is 63.1 cm³/mol. The van der Waals surface area contributed by atoms with Crippen molar-refractivity contribution in [1.82, 2.24) is 6.15 Å². The molecule has 1 unspecified atom stereocenters. The van der Waals surface area contributed by atoms with Crippen LogP contribution in [-0.2, 0) is 8.85 Å². The van der Waals surface area contributed by atoms with E-state index in [1.807, 2.05) is 13.8 Å². The Morgan fingerprint density at radius 1 is 1.14 bits per heavy atom. The van der Waals surface area contributed by atoms with Gasteiger partial charge in [0.15, 0.2) is 0 Å². The van der Waals surface area contributed by atoms with Crippen LogP contribution in [-0.4, -0.2) is 29.0 Å². The molecule has 0 saturated carbocycles. The van der Waals surface area contributed by atoms with Gasteiger partial charge in [-0.3, -0.25) is 0 Å². The third-order valence-corrected chi connectivity index (χ3v) is 5.01. The van der Waals surface area contributed by atoms with E-state index in [1.165, 1.54) is 0 Å². The van der Waals surface area contributed by atoms with Crippen LogP contribution in [0.1, 0.15) is 33.6 Å². The standard InChI is InChI=1S/C9H23NO2Si.H3N/c1-4-9(7-8-10)13(11-5-2)12-6-3;/h9,13H,4-8,10H2,1-3H3;1H3. The van der Waals surface area contributed by atoms with Crippen molar-refractivity contribution >= 4 is 9.28 Å². The van der Waals surface area contributed by atoms with Crippen molar-refractivity contribution in [3.8, 4) is 0 Å². The molecule has 0 radical (unpaired) electrons. The molecule has 0 aliphatic carbocycles. The molecule has 0 aromatic heterocycles. The van der Waals surface area contributed by atoms with Gasteiger partial charge in [0.2, 0.25) is 0 Å². The molecule has 0 rings (SSSR count). The summed E-state index contributed by atoms with van der Waals surface area (Å²) in [6.45, 7) is 8.48. The first kappa shape index (κ1) is 16.5. The molecule has 0 spiro atoms. The van der Waals surface area contributed by atoms with Gasteiger partial charge in [0.1, 0.15) is 0 Å². The van der Waals surface area contributed by atoms with Crippen molar-refractivity contribution < 1.29 is 8.85 Å². The van der Waals surface area contributed by atoms with Crippen LogP contribution in [0, 0.1) is 0 Å². The Hall–Kier alpha value is 0.0569. The second-order valence-corrected chi connectivity index (χ2v) is 5.37. The lowest BCUT2D eigenvalue weighted by Crippen LogP contribution is -2.30. The smallest absolute Gasteiger partial charge is 0.324 e. The Morgan fingerprint density at radius 3 is 1.93 bits per heavy atom. The average molecular weight is 222 g/mol. The largest absolute Gasteiger partial charge is 0.397 e. The third kappa shape index (κ3) is 6.50. The molecule has 0 bridgehead atoms. The minimum Gasteiger partial charge on any atom is -0.397 e. The van der Waals surface area contributed by atoms with Crippen LogP contribution in [0.25, 0.3) is 0 Å². The molecular formula is C9H26N2O2Si. The van der Waals surface area contributed by atoms with Crippen molar-refractivity contribution in [3.63, 3.8) is 0 Å². The predicted octanol–water partition coefficient (Wildman–Crippen LogP) is 1.57. The lowest BCUT2D eigenvalue weighted by molar-refractivity contribution is 0.201. The Labute approximate surface area is 89.6 Å². The Bertz CT molecular complexity index is 111. The zero-order chi connectivity index (χ0) is 10.1. The van der Waals surface area contributed by atoms with E-state index in [0.29, 0.717) is 5.54 Å². The topological polar surface area (TPSA) is 79.5 Å². The van der Waals surface area contributed by atoms with E-state index in [1.54, 1.807) is 0 Å². The average Bonchev–Trinajstić information content (AvgIpc) is 2.14. The van der Waals surface area contributed by atoms with Gasteiger partial charge in [-0.1, -0.05) is 13.3 Å². The van der Waals surface area contributed by atoms with Crippen LogP contribution in [0.5, 0.6) is 0 Å². The van der Waals surface area contributed by atoms with Crippen LogP contribution in [0.4, 0.5) is 0 Å². The van der Waals surface area contributed by atoms with Gasteiger partial charge < -0.3 is 20.7 Å². The lowest BCUT2D eigenvalue weighted by Gasteiger charge is -2.23. The summed E-state index contributed by atoms with van der Waals surface area (Å²) >= 11 is 0. The van der Waals surface area contributed by atoms with E-state index in [0.717, 1.165) is 32.6 Å². The van der Waals surface area contributed by atoms with Gasteiger partial charge in [-0.2, -0.15) is 0 Å². The van der Waals surface area contributed by atoms with Crippen molar-refractivity contribution in [2.24, 2.45) is 5.73 Å². The summed E-state index contributed by atoms with van der Waals surface area (Å²) in [6, 6.07) is 0. The van der Waals surface area contributed by atoms with Gasteiger partial charge in [0.25, 0.3) is 0 Å². The van der Waals surface area contributed by atoms with Crippen molar-refractivity contribution in [2.75, 3.05) is 19.8 Å². The van der Waals surface area contributed by atoms with E-state index in [-0.39, 0.29) is 6.15 Å². The molecule has 0 saturated heterocycles. The van der Waals surface area contributed by atoms with Crippen molar-refractivity contribution in [2.45, 2.75) is 39.2 Å². The summed E-state index contributed by atoms with van der Waals surface area (Å²) in [5, 5.41) is 0. The third-order valence-electron chi connectivity index (χ3n) is 2.11. The first-order valence-electron chi connectivity index (χ1n) is 5.23. The number of rotatable bonds is 8. The van der Waals surface area contributed by atoms with Gasteiger partial charge in [-0.05, 0) is 26.8 Å². The second kappa shape index (κ2) is 11.1. The summed E-state index contributed by atoms with van der Waals surface area (Å²) in [6.07, 6.45) is 2.15. The maximum atomic E-state index is 5.65. The molecule has 0 aliphatic rings. The van der Waals surface area contributed by atoms with Crippen LogP contribution < -0.4 is 11.9 Å². The lowest BCUT2D eigenvalue weighted by atomic mass is 10.2. The molecule has 0 amide bonds. The highest BCUT2D eigenvalue weighted by atomic mass is 28.3. The number of nitrogens with two attached hydrogens (primary N) is 1. The van der Waals surface area contributed by atoms with Gasteiger partial charge in [-0.25, -0.2) is 0 Å². The van der Waals surface area contributed by atoms with E-state index < -0.39 is 9.28 Å². The molecule has 14 heavy (non-hydrogen) atoms. The van der Waals surface area contributed by atoms with Gasteiger partial charge in [0, 0.05) is 18.8 Å². The summed E-state index contributed by atoms with van der Waals surface area (Å²) < 4.78 is 11.3. The van der Waals surface area contributed by atoms with Gasteiger partial charge >= 0.3 is 9.28 Å². The van der Waals surface area contributed by atoms with Crippen LogP contribution in [0.15, 0.2) is 0 Å². The molecule has 0 fully saturated rings. The molecule has 0 aromatic rings.